The standard InChI is InChI=1S/C16H18ClN3O2/c1-11(21)19-4-6-20(7-5-19)16(22)8-12-10-18-15-9-13(17)2-3-14(12)15/h2-3,9-10,18H,4-8H2,1H3. The molecule has 2 heterocycles. The van der Waals surface area contributed by atoms with Crippen molar-refractivity contribution in [3.63, 3.8) is 0 Å². The molecule has 1 N–H and O–H groups in total. The molecule has 2 amide bonds. The van der Waals surface area contributed by atoms with Crippen LogP contribution in [0.4, 0.5) is 0 Å². The lowest BCUT2D eigenvalue weighted by Gasteiger charge is -2.34. The molecule has 0 bridgehead atoms. The summed E-state index contributed by atoms with van der Waals surface area (Å²) in [5, 5.41) is 1.70. The number of halogens is 1. The summed E-state index contributed by atoms with van der Waals surface area (Å²) in [6.07, 6.45) is 2.23. The third kappa shape index (κ3) is 2.95. The molecule has 116 valence electrons. The molecule has 0 unspecified atom stereocenters. The summed E-state index contributed by atoms with van der Waals surface area (Å²) in [5.74, 6) is 0.166. The van der Waals surface area contributed by atoms with E-state index >= 15 is 0 Å². The van der Waals surface area contributed by atoms with Gasteiger partial charge >= 0.3 is 0 Å². The monoisotopic (exact) mass is 319 g/mol. The SMILES string of the molecule is CC(=O)N1CCN(C(=O)Cc2c[nH]c3cc(Cl)ccc23)CC1. The Morgan fingerprint density at radius 3 is 2.55 bits per heavy atom. The fourth-order valence-electron chi connectivity index (χ4n) is 2.85. The van der Waals surface area contributed by atoms with Gasteiger partial charge in [0.15, 0.2) is 0 Å². The van der Waals surface area contributed by atoms with Gasteiger partial charge in [-0.1, -0.05) is 17.7 Å². The maximum absolute atomic E-state index is 12.4. The summed E-state index contributed by atoms with van der Waals surface area (Å²) in [5.41, 5.74) is 1.92. The Bertz CT molecular complexity index is 717. The van der Waals surface area contributed by atoms with E-state index in [2.05, 4.69) is 4.98 Å². The van der Waals surface area contributed by atoms with Crippen LogP contribution in [0.25, 0.3) is 10.9 Å². The number of carbonyl (C=O) groups excluding carboxylic acids is 2. The molecule has 0 aliphatic carbocycles. The quantitative estimate of drug-likeness (QED) is 0.921. The molecule has 1 aromatic carbocycles. The van der Waals surface area contributed by atoms with Crippen LogP contribution in [0.15, 0.2) is 24.4 Å². The van der Waals surface area contributed by atoms with Gasteiger partial charge in [0.1, 0.15) is 0 Å². The van der Waals surface area contributed by atoms with Crippen molar-refractivity contribution in [1.29, 1.82) is 0 Å². The fraction of sp³-hybridized carbons (Fsp3) is 0.375. The van der Waals surface area contributed by atoms with Crippen molar-refractivity contribution < 1.29 is 9.59 Å². The van der Waals surface area contributed by atoms with Crippen molar-refractivity contribution in [3.8, 4) is 0 Å². The first kappa shape index (κ1) is 14.9. The molecule has 5 nitrogen and oxygen atoms in total. The molecule has 0 saturated carbocycles. The summed E-state index contributed by atoms with van der Waals surface area (Å²) in [7, 11) is 0. The summed E-state index contributed by atoms with van der Waals surface area (Å²) in [4.78, 5) is 30.5. The molecule has 1 aliphatic heterocycles. The summed E-state index contributed by atoms with van der Waals surface area (Å²) in [6, 6.07) is 5.62. The van der Waals surface area contributed by atoms with Gasteiger partial charge in [0.25, 0.3) is 0 Å². The van der Waals surface area contributed by atoms with E-state index in [0.717, 1.165) is 16.5 Å². The Kier molecular flexibility index (Phi) is 4.07. The number of benzene rings is 1. The number of amides is 2. The van der Waals surface area contributed by atoms with Crippen molar-refractivity contribution in [2.45, 2.75) is 13.3 Å². The second-order valence-electron chi connectivity index (χ2n) is 5.57. The third-order valence-electron chi connectivity index (χ3n) is 4.15. The van der Waals surface area contributed by atoms with E-state index in [1.54, 1.807) is 11.8 Å². The first-order valence-electron chi connectivity index (χ1n) is 7.33. The fourth-order valence-corrected chi connectivity index (χ4v) is 3.02. The predicted molar refractivity (Wildman–Crippen MR) is 85.8 cm³/mol. The highest BCUT2D eigenvalue weighted by molar-refractivity contribution is 6.31. The number of piperazine rings is 1. The van der Waals surface area contributed by atoms with E-state index in [4.69, 9.17) is 11.6 Å². The molecule has 0 spiro atoms. The summed E-state index contributed by atoms with van der Waals surface area (Å²) < 4.78 is 0. The molecule has 3 rings (SSSR count). The first-order chi connectivity index (χ1) is 10.5. The molecule has 1 saturated heterocycles. The molecule has 22 heavy (non-hydrogen) atoms. The van der Waals surface area contributed by atoms with Crippen LogP contribution < -0.4 is 0 Å². The van der Waals surface area contributed by atoms with Crippen LogP contribution in [0, 0.1) is 0 Å². The molecule has 2 aromatic rings. The van der Waals surface area contributed by atoms with Crippen LogP contribution in [-0.4, -0.2) is 52.8 Å². The first-order valence-corrected chi connectivity index (χ1v) is 7.71. The average Bonchev–Trinajstić information content (AvgIpc) is 2.89. The molecule has 1 aliphatic rings. The van der Waals surface area contributed by atoms with Crippen molar-refractivity contribution in [2.24, 2.45) is 0 Å². The van der Waals surface area contributed by atoms with Gasteiger partial charge in [-0.25, -0.2) is 0 Å². The van der Waals surface area contributed by atoms with Gasteiger partial charge < -0.3 is 14.8 Å². The van der Waals surface area contributed by atoms with Crippen molar-refractivity contribution in [3.05, 3.63) is 35.0 Å². The largest absolute Gasteiger partial charge is 0.361 e. The van der Waals surface area contributed by atoms with E-state index in [0.29, 0.717) is 37.6 Å². The van der Waals surface area contributed by atoms with E-state index < -0.39 is 0 Å². The highest BCUT2D eigenvalue weighted by atomic mass is 35.5. The molecule has 1 aromatic heterocycles. The minimum Gasteiger partial charge on any atom is -0.361 e. The number of rotatable bonds is 2. The topological polar surface area (TPSA) is 56.4 Å². The summed E-state index contributed by atoms with van der Waals surface area (Å²) in [6.45, 7) is 4.00. The van der Waals surface area contributed by atoms with Gasteiger partial charge in [-0.2, -0.15) is 0 Å². The van der Waals surface area contributed by atoms with Crippen molar-refractivity contribution in [1.82, 2.24) is 14.8 Å². The minimum absolute atomic E-state index is 0.0700. The van der Waals surface area contributed by atoms with Gasteiger partial charge in [0.2, 0.25) is 11.8 Å². The smallest absolute Gasteiger partial charge is 0.227 e. The lowest BCUT2D eigenvalue weighted by Crippen LogP contribution is -2.50. The van der Waals surface area contributed by atoms with Gasteiger partial charge in [0.05, 0.1) is 6.42 Å². The Morgan fingerprint density at radius 1 is 1.18 bits per heavy atom. The van der Waals surface area contributed by atoms with Crippen LogP contribution in [0.2, 0.25) is 5.02 Å². The zero-order valence-corrected chi connectivity index (χ0v) is 13.2. The Balaban J connectivity index is 1.68. The average molecular weight is 320 g/mol. The number of aromatic nitrogens is 1. The van der Waals surface area contributed by atoms with Gasteiger partial charge in [-0.05, 0) is 17.7 Å². The summed E-state index contributed by atoms with van der Waals surface area (Å²) >= 11 is 5.97. The van der Waals surface area contributed by atoms with Crippen molar-refractivity contribution in [2.75, 3.05) is 26.2 Å². The second kappa shape index (κ2) is 6.01. The van der Waals surface area contributed by atoms with Crippen LogP contribution >= 0.6 is 11.6 Å². The van der Waals surface area contributed by atoms with Crippen LogP contribution in [0.5, 0.6) is 0 Å². The van der Waals surface area contributed by atoms with Crippen LogP contribution in [0.1, 0.15) is 12.5 Å². The second-order valence-corrected chi connectivity index (χ2v) is 6.00. The van der Waals surface area contributed by atoms with Gasteiger partial charge in [-0.15, -0.1) is 0 Å². The van der Waals surface area contributed by atoms with Crippen molar-refractivity contribution >= 4 is 34.3 Å². The Labute approximate surface area is 133 Å². The zero-order chi connectivity index (χ0) is 15.7. The number of nitrogens with one attached hydrogen (secondary N) is 1. The maximum atomic E-state index is 12.4. The van der Waals surface area contributed by atoms with Gasteiger partial charge in [0, 0.05) is 55.2 Å². The number of H-pyrrole nitrogens is 1. The predicted octanol–water partition coefficient (Wildman–Crippen LogP) is 2.05. The number of aromatic amines is 1. The highest BCUT2D eigenvalue weighted by Gasteiger charge is 2.22. The highest BCUT2D eigenvalue weighted by Crippen LogP contribution is 2.23. The van der Waals surface area contributed by atoms with E-state index in [-0.39, 0.29) is 11.8 Å². The number of fused-ring (bicyclic) bond motifs is 1. The molecular formula is C16H18ClN3O2. The Hall–Kier alpha value is -2.01. The Morgan fingerprint density at radius 2 is 1.86 bits per heavy atom. The molecule has 1 fully saturated rings. The minimum atomic E-state index is 0.0700. The van der Waals surface area contributed by atoms with E-state index in [9.17, 15) is 9.59 Å². The number of hydrogen-bond donors (Lipinski definition) is 1. The molecule has 0 atom stereocenters. The molecule has 0 radical (unpaired) electrons. The number of nitrogens with zero attached hydrogens (tertiary/aromatic N) is 2. The van der Waals surface area contributed by atoms with E-state index in [1.165, 1.54) is 0 Å². The van der Waals surface area contributed by atoms with E-state index in [1.807, 2.05) is 29.3 Å². The maximum Gasteiger partial charge on any atom is 0.227 e. The van der Waals surface area contributed by atoms with Crippen LogP contribution in [-0.2, 0) is 16.0 Å². The van der Waals surface area contributed by atoms with Crippen LogP contribution in [0.3, 0.4) is 0 Å². The lowest BCUT2D eigenvalue weighted by atomic mass is 10.1. The number of carbonyl (C=O) groups is 2. The number of hydrogen-bond acceptors (Lipinski definition) is 2. The lowest BCUT2D eigenvalue weighted by molar-refractivity contribution is -0.137. The zero-order valence-electron chi connectivity index (χ0n) is 12.4. The molecular weight excluding hydrogens is 302 g/mol. The van der Waals surface area contributed by atoms with Gasteiger partial charge in [-0.3, -0.25) is 9.59 Å². The third-order valence-corrected chi connectivity index (χ3v) is 4.38. The molecule has 6 heteroatoms. The normalized spacial score (nSPS) is 15.4.